The maximum Gasteiger partial charge on any atom is 0.246 e. The van der Waals surface area contributed by atoms with Gasteiger partial charge in [0.05, 0.1) is 12.7 Å². The van der Waals surface area contributed by atoms with E-state index in [0.717, 1.165) is 12.8 Å². The summed E-state index contributed by atoms with van der Waals surface area (Å²) < 4.78 is 28.4. The third-order valence-electron chi connectivity index (χ3n) is 4.24. The van der Waals surface area contributed by atoms with Gasteiger partial charge in [0, 0.05) is 25.2 Å². The third-order valence-corrected chi connectivity index (χ3v) is 6.26. The van der Waals surface area contributed by atoms with E-state index in [1.807, 2.05) is 0 Å². The largest absolute Gasteiger partial charge is 0.270 e. The van der Waals surface area contributed by atoms with E-state index in [9.17, 15) is 8.42 Å². The molecule has 1 aromatic heterocycles. The molecule has 0 bridgehead atoms. The van der Waals surface area contributed by atoms with Crippen LogP contribution in [0.4, 0.5) is 0 Å². The van der Waals surface area contributed by atoms with Crippen molar-refractivity contribution in [3.8, 4) is 0 Å². The van der Waals surface area contributed by atoms with Crippen LogP contribution in [0.15, 0.2) is 17.3 Å². The van der Waals surface area contributed by atoms with Crippen LogP contribution in [0, 0.1) is 11.3 Å². The fraction of sp³-hybridized carbons (Fsp3) is 0.786. The molecule has 7 heteroatoms. The molecule has 5 nitrogen and oxygen atoms in total. The van der Waals surface area contributed by atoms with Crippen molar-refractivity contribution >= 4 is 21.6 Å². The molecule has 2 rings (SSSR count). The Morgan fingerprint density at radius 3 is 2.48 bits per heavy atom. The lowest BCUT2D eigenvalue weighted by molar-refractivity contribution is 0.154. The highest BCUT2D eigenvalue weighted by molar-refractivity contribution is 7.89. The zero-order valence-corrected chi connectivity index (χ0v) is 14.5. The minimum atomic E-state index is -3.42. The van der Waals surface area contributed by atoms with Gasteiger partial charge in [0.2, 0.25) is 10.0 Å². The number of nitrogens with zero attached hydrogens (tertiary/aromatic N) is 3. The topological polar surface area (TPSA) is 55.2 Å². The first-order valence-corrected chi connectivity index (χ1v) is 9.31. The van der Waals surface area contributed by atoms with Crippen molar-refractivity contribution in [3.63, 3.8) is 0 Å². The number of halogens is 1. The molecule has 2 heterocycles. The molecule has 0 amide bonds. The number of piperidine rings is 1. The van der Waals surface area contributed by atoms with Gasteiger partial charge in [-0.05, 0) is 24.2 Å². The maximum atomic E-state index is 12.6. The predicted molar refractivity (Wildman–Crippen MR) is 83.9 cm³/mol. The van der Waals surface area contributed by atoms with Crippen LogP contribution in [-0.4, -0.2) is 41.5 Å². The summed E-state index contributed by atoms with van der Waals surface area (Å²) in [6, 6.07) is 0. The number of rotatable bonds is 4. The molecule has 1 aliphatic rings. The van der Waals surface area contributed by atoms with Crippen LogP contribution in [0.3, 0.4) is 0 Å². The summed E-state index contributed by atoms with van der Waals surface area (Å²) in [6.07, 6.45) is 4.81. The summed E-state index contributed by atoms with van der Waals surface area (Å²) in [7, 11) is -3.42. The van der Waals surface area contributed by atoms with Gasteiger partial charge < -0.3 is 0 Å². The molecule has 0 unspecified atom stereocenters. The highest BCUT2D eigenvalue weighted by Gasteiger charge is 2.34. The molecule has 0 atom stereocenters. The van der Waals surface area contributed by atoms with Gasteiger partial charge in [-0.15, -0.1) is 11.6 Å². The number of aryl methyl sites for hydroxylation is 1. The average Bonchev–Trinajstić information content (AvgIpc) is 2.88. The van der Waals surface area contributed by atoms with Crippen molar-refractivity contribution in [2.45, 2.75) is 45.1 Å². The van der Waals surface area contributed by atoms with Crippen LogP contribution in [0.25, 0.3) is 0 Å². The molecule has 1 fully saturated rings. The van der Waals surface area contributed by atoms with Gasteiger partial charge in [0.1, 0.15) is 4.90 Å². The first-order chi connectivity index (χ1) is 9.75. The molecule has 120 valence electrons. The Labute approximate surface area is 132 Å². The molecule has 0 N–H and O–H groups in total. The second-order valence-corrected chi connectivity index (χ2v) is 8.99. The Morgan fingerprint density at radius 2 is 1.95 bits per heavy atom. The average molecular weight is 334 g/mol. The Morgan fingerprint density at radius 1 is 1.33 bits per heavy atom. The maximum absolute atomic E-state index is 12.6. The van der Waals surface area contributed by atoms with E-state index in [2.05, 4.69) is 25.9 Å². The second kappa shape index (κ2) is 6.26. The molecule has 1 aliphatic heterocycles. The summed E-state index contributed by atoms with van der Waals surface area (Å²) in [5, 5.41) is 4.05. The van der Waals surface area contributed by atoms with E-state index in [1.54, 1.807) is 15.2 Å². The Balaban J connectivity index is 2.07. The van der Waals surface area contributed by atoms with E-state index in [0.29, 0.717) is 31.4 Å². The first-order valence-electron chi connectivity index (χ1n) is 7.33. The van der Waals surface area contributed by atoms with Crippen LogP contribution >= 0.6 is 11.6 Å². The minimum Gasteiger partial charge on any atom is -0.270 e. The Bertz CT molecular complexity index is 569. The summed E-state index contributed by atoms with van der Waals surface area (Å²) >= 11 is 5.65. The van der Waals surface area contributed by atoms with Gasteiger partial charge in [-0.25, -0.2) is 8.42 Å². The normalized spacial score (nSPS) is 19.0. The van der Waals surface area contributed by atoms with E-state index in [-0.39, 0.29) is 10.3 Å². The lowest BCUT2D eigenvalue weighted by atomic mass is 9.76. The smallest absolute Gasteiger partial charge is 0.246 e. The highest BCUT2D eigenvalue weighted by Crippen LogP contribution is 2.35. The number of hydrogen-bond donors (Lipinski definition) is 0. The molecule has 1 saturated heterocycles. The Hall–Kier alpha value is -0.590. The number of aromatic nitrogens is 2. The molecule has 0 radical (unpaired) electrons. The van der Waals surface area contributed by atoms with Gasteiger partial charge >= 0.3 is 0 Å². The third kappa shape index (κ3) is 3.79. The molecule has 1 aromatic rings. The molecule has 21 heavy (non-hydrogen) atoms. The number of sulfonamides is 1. The predicted octanol–water partition coefficient (Wildman–Crippen LogP) is 2.57. The van der Waals surface area contributed by atoms with Crippen LogP contribution in [0.2, 0.25) is 0 Å². The fourth-order valence-electron chi connectivity index (χ4n) is 2.80. The molecule has 0 aromatic carbocycles. The van der Waals surface area contributed by atoms with Crippen molar-refractivity contribution in [2.75, 3.05) is 19.0 Å². The molecule has 0 saturated carbocycles. The van der Waals surface area contributed by atoms with E-state index < -0.39 is 10.0 Å². The lowest BCUT2D eigenvalue weighted by Crippen LogP contribution is -2.41. The van der Waals surface area contributed by atoms with Crippen molar-refractivity contribution in [2.24, 2.45) is 11.3 Å². The van der Waals surface area contributed by atoms with Gasteiger partial charge in [-0.2, -0.15) is 9.40 Å². The molecule has 0 spiro atoms. The number of alkyl halides is 1. The van der Waals surface area contributed by atoms with E-state index in [4.69, 9.17) is 11.6 Å². The summed E-state index contributed by atoms with van der Waals surface area (Å²) in [6.45, 7) is 8.35. The first kappa shape index (κ1) is 16.8. The van der Waals surface area contributed by atoms with Crippen molar-refractivity contribution in [1.29, 1.82) is 0 Å². The van der Waals surface area contributed by atoms with Crippen molar-refractivity contribution in [3.05, 3.63) is 12.4 Å². The molecular weight excluding hydrogens is 310 g/mol. The standard InChI is InChI=1S/C14H24ClN3O2S/c1-14(2,3)12-4-7-18(8-5-12)21(19,20)13-10-16-17(11-13)9-6-15/h10-12H,4-9H2,1-3H3. The number of hydrogen-bond acceptors (Lipinski definition) is 3. The van der Waals surface area contributed by atoms with Crippen LogP contribution in [0.5, 0.6) is 0 Å². The molecule has 0 aliphatic carbocycles. The summed E-state index contributed by atoms with van der Waals surface area (Å²) in [4.78, 5) is 0.266. The zero-order valence-electron chi connectivity index (χ0n) is 12.9. The second-order valence-electron chi connectivity index (χ2n) is 6.67. The van der Waals surface area contributed by atoms with Gasteiger partial charge in [0.15, 0.2) is 0 Å². The van der Waals surface area contributed by atoms with Gasteiger partial charge in [-0.1, -0.05) is 20.8 Å². The quantitative estimate of drug-likeness (QED) is 0.796. The summed E-state index contributed by atoms with van der Waals surface area (Å²) in [5.41, 5.74) is 0.237. The SMILES string of the molecule is CC(C)(C)C1CCN(S(=O)(=O)c2cnn(CCCl)c2)CC1. The van der Waals surface area contributed by atoms with Crippen molar-refractivity contribution in [1.82, 2.24) is 14.1 Å². The van der Waals surface area contributed by atoms with E-state index in [1.165, 1.54) is 6.20 Å². The van der Waals surface area contributed by atoms with Crippen LogP contribution in [-0.2, 0) is 16.6 Å². The summed E-state index contributed by atoms with van der Waals surface area (Å²) in [5.74, 6) is 0.987. The van der Waals surface area contributed by atoms with Gasteiger partial charge in [0.25, 0.3) is 0 Å². The Kier molecular flexibility index (Phi) is 5.00. The highest BCUT2D eigenvalue weighted by atomic mass is 35.5. The fourth-order valence-corrected chi connectivity index (χ4v) is 4.40. The lowest BCUT2D eigenvalue weighted by Gasteiger charge is -2.38. The van der Waals surface area contributed by atoms with Crippen LogP contribution in [0.1, 0.15) is 33.6 Å². The molecular formula is C14H24ClN3O2S. The minimum absolute atomic E-state index is 0.237. The zero-order chi connectivity index (χ0) is 15.7. The van der Waals surface area contributed by atoms with Crippen molar-refractivity contribution < 1.29 is 8.42 Å². The van der Waals surface area contributed by atoms with Gasteiger partial charge in [-0.3, -0.25) is 4.68 Å². The monoisotopic (exact) mass is 333 g/mol. The van der Waals surface area contributed by atoms with E-state index >= 15 is 0 Å². The van der Waals surface area contributed by atoms with Crippen LogP contribution < -0.4 is 0 Å².